The highest BCUT2D eigenvalue weighted by molar-refractivity contribution is 7.88. The van der Waals surface area contributed by atoms with Gasteiger partial charge in [0.05, 0.1) is 18.8 Å². The number of urea groups is 1. The molecule has 0 spiro atoms. The van der Waals surface area contributed by atoms with E-state index in [0.29, 0.717) is 32.4 Å². The average Bonchev–Trinajstić information content (AvgIpc) is 3.62. The number of carbonyl (C=O) groups excluding carboxylic acids is 6. The maximum atomic E-state index is 15.2. The number of sulfonamides is 1. The fourth-order valence-electron chi connectivity index (χ4n) is 8.82. The Kier molecular flexibility index (Phi) is 15.7. The normalized spacial score (nSPS) is 21.8. The first kappa shape index (κ1) is 47.5. The quantitative estimate of drug-likeness (QED) is 0.141. The van der Waals surface area contributed by atoms with Crippen LogP contribution in [0.5, 0.6) is 0 Å². The first-order valence-corrected chi connectivity index (χ1v) is 23.6. The molecule has 0 radical (unpaired) electrons. The number of fused-ring (bicyclic) bond motifs is 1. The molecule has 17 heteroatoms. The van der Waals surface area contributed by atoms with Crippen molar-refractivity contribution in [2.45, 2.75) is 135 Å². The molecule has 1 saturated heterocycles. The molecule has 6 amide bonds. The topological polar surface area (TPSA) is 204 Å². The zero-order chi connectivity index (χ0) is 44.7. The van der Waals surface area contributed by atoms with Crippen LogP contribution in [0.25, 0.3) is 0 Å². The van der Waals surface area contributed by atoms with Crippen LogP contribution in [0.4, 0.5) is 9.59 Å². The van der Waals surface area contributed by atoms with Gasteiger partial charge in [0.2, 0.25) is 27.6 Å². The molecule has 4 N–H and O–H groups in total. The lowest BCUT2D eigenvalue weighted by atomic mass is 9.70. The van der Waals surface area contributed by atoms with Gasteiger partial charge >= 0.3 is 12.1 Å². The minimum atomic E-state index is -3.57. The summed E-state index contributed by atoms with van der Waals surface area (Å²) in [5.74, 6) is -2.72. The molecule has 1 unspecified atom stereocenters. The van der Waals surface area contributed by atoms with Crippen LogP contribution in [0.2, 0.25) is 0 Å². The van der Waals surface area contributed by atoms with E-state index >= 15 is 4.79 Å². The molecule has 2 aliphatic carbocycles. The van der Waals surface area contributed by atoms with E-state index in [2.05, 4.69) is 27.8 Å². The summed E-state index contributed by atoms with van der Waals surface area (Å²) in [4.78, 5) is 86.8. The molecule has 2 heterocycles. The van der Waals surface area contributed by atoms with E-state index in [1.807, 2.05) is 52.0 Å². The van der Waals surface area contributed by atoms with Crippen LogP contribution >= 0.6 is 0 Å². The molecule has 5 rings (SSSR count). The van der Waals surface area contributed by atoms with Crippen molar-refractivity contribution in [2.75, 3.05) is 39.5 Å². The summed E-state index contributed by atoms with van der Waals surface area (Å²) in [6, 6.07) is 3.08. The van der Waals surface area contributed by atoms with Gasteiger partial charge in [-0.15, -0.1) is 6.58 Å². The fraction of sp³-hybridized carbons (Fsp3) is 0.682. The van der Waals surface area contributed by atoms with E-state index in [9.17, 15) is 32.4 Å². The van der Waals surface area contributed by atoms with Crippen LogP contribution < -0.4 is 21.3 Å². The van der Waals surface area contributed by atoms with Crippen LogP contribution in [0.15, 0.2) is 36.9 Å². The van der Waals surface area contributed by atoms with Gasteiger partial charge in [-0.05, 0) is 53.6 Å². The zero-order valence-electron chi connectivity index (χ0n) is 36.8. The van der Waals surface area contributed by atoms with Gasteiger partial charge in [0.15, 0.2) is 0 Å². The second-order valence-corrected chi connectivity index (χ2v) is 21.0. The predicted octanol–water partition coefficient (Wildman–Crippen LogP) is 3.64. The monoisotopic (exact) mass is 869 g/mol. The largest absolute Gasteiger partial charge is 0.444 e. The van der Waals surface area contributed by atoms with Crippen molar-refractivity contribution >= 4 is 45.7 Å². The van der Waals surface area contributed by atoms with Gasteiger partial charge in [0.25, 0.3) is 5.91 Å². The van der Waals surface area contributed by atoms with Crippen molar-refractivity contribution in [3.8, 4) is 0 Å². The predicted molar refractivity (Wildman–Crippen MR) is 230 cm³/mol. The Morgan fingerprint density at radius 2 is 1.67 bits per heavy atom. The summed E-state index contributed by atoms with van der Waals surface area (Å²) in [5, 5.41) is 11.2. The Morgan fingerprint density at radius 3 is 2.28 bits per heavy atom. The van der Waals surface area contributed by atoms with Gasteiger partial charge < -0.3 is 35.8 Å². The van der Waals surface area contributed by atoms with E-state index in [1.165, 1.54) is 18.0 Å². The molecule has 5 atom stereocenters. The number of ether oxygens (including phenoxy) is 1. The molecule has 0 aromatic heterocycles. The third-order valence-electron chi connectivity index (χ3n) is 13.1. The first-order chi connectivity index (χ1) is 28.7. The summed E-state index contributed by atoms with van der Waals surface area (Å²) in [5.41, 5.74) is 0.859. The Labute approximate surface area is 361 Å². The van der Waals surface area contributed by atoms with Gasteiger partial charge in [0, 0.05) is 45.7 Å². The van der Waals surface area contributed by atoms with Crippen molar-refractivity contribution in [1.29, 1.82) is 0 Å². The van der Waals surface area contributed by atoms with E-state index in [0.717, 1.165) is 60.2 Å². The van der Waals surface area contributed by atoms with Crippen LogP contribution in [-0.2, 0) is 46.9 Å². The average molecular weight is 870 g/mol. The molecule has 3 fully saturated rings. The first-order valence-electron chi connectivity index (χ1n) is 21.7. The molecule has 16 nitrogen and oxygen atoms in total. The standard InChI is InChI=1S/C44H67N7O9S/c1-8-22-45-39(54)36(52)33(24-29-15-14-16-29)46-38(53)34-25-32(60-42(57)50-23-19-30-17-10-11-18-31(30)26-50)27-51(34)40(55)37(44(5)20-12-9-13-21-44)48-41(56)47-35(43(2,3)4)28-49(6)61(7,58)59/h8,10-11,17-18,29,32-35,37H,1,9,12-16,19-28H2,2-7H3,(H,45,54)(H,46,53)(H2,47,48,56)/t32-,33?,34+,35-,37-/m1/s1. The van der Waals surface area contributed by atoms with Crippen molar-refractivity contribution in [2.24, 2.45) is 16.7 Å². The highest BCUT2D eigenvalue weighted by atomic mass is 32.2. The number of carbonyl (C=O) groups is 6. The maximum absolute atomic E-state index is 15.2. The Morgan fingerprint density at radius 1 is 1.00 bits per heavy atom. The number of ketones is 1. The number of Topliss-reactive ketones (excluding diaryl/α,β-unsaturated/α-hetero) is 1. The molecule has 1 aromatic carbocycles. The van der Waals surface area contributed by atoms with Crippen molar-refractivity contribution < 1.29 is 41.9 Å². The number of likely N-dealkylation sites (tertiary alicyclic amines) is 1. The lowest BCUT2D eigenvalue weighted by Crippen LogP contribution is -2.63. The smallest absolute Gasteiger partial charge is 0.410 e. The van der Waals surface area contributed by atoms with E-state index in [4.69, 9.17) is 4.74 Å². The molecule has 0 bridgehead atoms. The number of nitrogens with one attached hydrogen (secondary N) is 4. The number of hydrogen-bond donors (Lipinski definition) is 4. The van der Waals surface area contributed by atoms with E-state index in [1.54, 1.807) is 4.90 Å². The lowest BCUT2D eigenvalue weighted by Gasteiger charge is -2.43. The van der Waals surface area contributed by atoms with Gasteiger partial charge in [-0.3, -0.25) is 19.2 Å². The summed E-state index contributed by atoms with van der Waals surface area (Å²) < 4.78 is 31.9. The van der Waals surface area contributed by atoms with Crippen molar-refractivity contribution in [3.05, 3.63) is 48.0 Å². The second kappa shape index (κ2) is 20.1. The highest BCUT2D eigenvalue weighted by Crippen LogP contribution is 2.41. The fourth-order valence-corrected chi connectivity index (χ4v) is 9.24. The minimum Gasteiger partial charge on any atom is -0.444 e. The van der Waals surface area contributed by atoms with Gasteiger partial charge in [-0.25, -0.2) is 22.3 Å². The van der Waals surface area contributed by atoms with Gasteiger partial charge in [0.1, 0.15) is 18.2 Å². The Bertz CT molecular complexity index is 1910. The minimum absolute atomic E-state index is 0.0119. The molecule has 61 heavy (non-hydrogen) atoms. The van der Waals surface area contributed by atoms with E-state index in [-0.39, 0.29) is 38.4 Å². The number of benzene rings is 1. The maximum Gasteiger partial charge on any atom is 0.410 e. The molecule has 2 aliphatic heterocycles. The Balaban J connectivity index is 1.43. The SMILES string of the molecule is C=CCNC(=O)C(=O)C(CC1CCC1)NC(=O)[C@@H]1C[C@@H](OC(=O)N2CCc3ccccc3C2)CN1C(=O)[C@@H](NC(=O)N[C@H](CN(C)S(C)(=O)=O)C(C)(C)C)C1(C)CCCCC1. The second-order valence-electron chi connectivity index (χ2n) is 18.9. The number of nitrogens with zero attached hydrogens (tertiary/aromatic N) is 3. The van der Waals surface area contributed by atoms with Crippen LogP contribution in [-0.4, -0.2) is 128 Å². The molecular weight excluding hydrogens is 803 g/mol. The third-order valence-corrected chi connectivity index (χ3v) is 14.4. The van der Waals surface area contributed by atoms with Crippen LogP contribution in [0.3, 0.4) is 0 Å². The molecular formula is C44H67N7O9S. The van der Waals surface area contributed by atoms with Crippen molar-refractivity contribution in [3.63, 3.8) is 0 Å². The van der Waals surface area contributed by atoms with Gasteiger partial charge in [-0.1, -0.05) is 96.6 Å². The summed E-state index contributed by atoms with van der Waals surface area (Å²) in [7, 11) is -2.13. The van der Waals surface area contributed by atoms with Gasteiger partial charge in [-0.2, -0.15) is 0 Å². The molecule has 1 aromatic rings. The van der Waals surface area contributed by atoms with E-state index < -0.39 is 86.8 Å². The van der Waals surface area contributed by atoms with Crippen molar-refractivity contribution in [1.82, 2.24) is 35.4 Å². The zero-order valence-corrected chi connectivity index (χ0v) is 37.6. The van der Waals surface area contributed by atoms with Crippen LogP contribution in [0.1, 0.15) is 103 Å². The summed E-state index contributed by atoms with van der Waals surface area (Å²) in [6.07, 6.45) is 8.41. The molecule has 4 aliphatic rings. The number of likely N-dealkylation sites (N-methyl/N-ethyl adjacent to an activating group) is 1. The third kappa shape index (κ3) is 12.3. The lowest BCUT2D eigenvalue weighted by molar-refractivity contribution is -0.144. The number of hydrogen-bond acceptors (Lipinski definition) is 9. The number of rotatable bonds is 16. The molecule has 338 valence electrons. The summed E-state index contributed by atoms with van der Waals surface area (Å²) in [6.45, 7) is 11.9. The Hall–Kier alpha value is -4.51. The highest BCUT2D eigenvalue weighted by Gasteiger charge is 2.50. The molecule has 2 saturated carbocycles. The summed E-state index contributed by atoms with van der Waals surface area (Å²) >= 11 is 0. The number of amides is 6. The van der Waals surface area contributed by atoms with Crippen LogP contribution in [0, 0.1) is 16.7 Å².